The fourth-order valence-corrected chi connectivity index (χ4v) is 6.98. The standard InChI is InChI=1S/C51H64N6O7S/c1-35(2)27-43(49(62)64-51(6,7)8)56-47(60)42(28-36-19-23-40(24-20-36)54-34-65)55-46(59)31-52-45(58)30-53-48(61)44(29-37-21-25-41(26-22-37)63-50(3,4)5)57(32-38-15-11-9-12-16-38)33-39-17-13-10-14-18-39/h9-26,35,42-44H,27-33H2,1-8H3,(H,52,58)(H,53,61)(H,55,59)(H,56,60)/t42-,43-,44-/m0/s1. The van der Waals surface area contributed by atoms with E-state index in [0.717, 1.165) is 16.7 Å². The number of carbonyl (C=O) groups excluding carboxylic acids is 5. The molecule has 346 valence electrons. The zero-order chi connectivity index (χ0) is 47.6. The molecule has 0 aromatic heterocycles. The Balaban J connectivity index is 1.49. The Hall–Kier alpha value is -6.21. The van der Waals surface area contributed by atoms with Gasteiger partial charge >= 0.3 is 5.97 Å². The van der Waals surface area contributed by atoms with Crippen LogP contribution in [0.15, 0.2) is 114 Å². The van der Waals surface area contributed by atoms with Crippen LogP contribution in [0.1, 0.15) is 84.1 Å². The molecule has 14 heteroatoms. The summed E-state index contributed by atoms with van der Waals surface area (Å²) >= 11 is 4.71. The van der Waals surface area contributed by atoms with Crippen molar-refractivity contribution < 1.29 is 33.4 Å². The molecule has 0 spiro atoms. The fourth-order valence-electron chi connectivity index (χ4n) is 6.88. The van der Waals surface area contributed by atoms with E-state index < -0.39 is 60.5 Å². The minimum absolute atomic E-state index is 0.0389. The number of thiocarbonyl (C=S) groups is 1. The van der Waals surface area contributed by atoms with Crippen LogP contribution >= 0.6 is 12.2 Å². The van der Waals surface area contributed by atoms with Crippen LogP contribution in [0.2, 0.25) is 0 Å². The molecule has 0 saturated heterocycles. The molecule has 4 aromatic carbocycles. The van der Waals surface area contributed by atoms with Gasteiger partial charge in [-0.3, -0.25) is 24.1 Å². The van der Waals surface area contributed by atoms with Gasteiger partial charge < -0.3 is 30.7 Å². The van der Waals surface area contributed by atoms with Gasteiger partial charge in [0.15, 0.2) is 0 Å². The highest BCUT2D eigenvalue weighted by atomic mass is 32.1. The van der Waals surface area contributed by atoms with E-state index in [1.807, 2.05) is 120 Å². The van der Waals surface area contributed by atoms with Gasteiger partial charge in [0.2, 0.25) is 23.6 Å². The number of nitrogens with one attached hydrogen (secondary N) is 4. The Morgan fingerprint density at radius 1 is 0.631 bits per heavy atom. The van der Waals surface area contributed by atoms with Crippen LogP contribution in [0.5, 0.6) is 5.75 Å². The fraction of sp³-hybridized carbons (Fsp3) is 0.412. The van der Waals surface area contributed by atoms with Crippen LogP contribution in [0, 0.1) is 5.92 Å². The summed E-state index contributed by atoms with van der Waals surface area (Å²) < 4.78 is 11.6. The molecule has 0 heterocycles. The summed E-state index contributed by atoms with van der Waals surface area (Å²) in [6.45, 7) is 15.0. The smallest absolute Gasteiger partial charge is 0.329 e. The number of esters is 1. The first-order chi connectivity index (χ1) is 30.8. The van der Waals surface area contributed by atoms with Crippen LogP contribution in [-0.4, -0.2) is 82.1 Å². The summed E-state index contributed by atoms with van der Waals surface area (Å²) in [4.78, 5) is 74.1. The van der Waals surface area contributed by atoms with Crippen LogP contribution < -0.4 is 26.0 Å². The van der Waals surface area contributed by atoms with Crippen molar-refractivity contribution in [1.29, 1.82) is 0 Å². The highest BCUT2D eigenvalue weighted by Crippen LogP contribution is 2.22. The lowest BCUT2D eigenvalue weighted by Gasteiger charge is -2.31. The van der Waals surface area contributed by atoms with Gasteiger partial charge in [-0.15, -0.1) is 0 Å². The molecular formula is C51H64N6O7S. The van der Waals surface area contributed by atoms with Crippen molar-refractivity contribution in [2.45, 2.75) is 117 Å². The van der Waals surface area contributed by atoms with Crippen LogP contribution in [0.4, 0.5) is 5.69 Å². The van der Waals surface area contributed by atoms with E-state index in [4.69, 9.17) is 21.7 Å². The number of hydrogen-bond acceptors (Lipinski definition) is 10. The highest BCUT2D eigenvalue weighted by Gasteiger charge is 2.31. The summed E-state index contributed by atoms with van der Waals surface area (Å²) in [7, 11) is 0. The van der Waals surface area contributed by atoms with E-state index in [1.54, 1.807) is 45.0 Å². The van der Waals surface area contributed by atoms with Crippen LogP contribution in [0.3, 0.4) is 0 Å². The maximum Gasteiger partial charge on any atom is 0.329 e. The quantitative estimate of drug-likeness (QED) is 0.0368. The Kier molecular flexibility index (Phi) is 19.6. The summed E-state index contributed by atoms with van der Waals surface area (Å²) in [6.07, 6.45) is 0.703. The summed E-state index contributed by atoms with van der Waals surface area (Å²) in [6, 6.07) is 31.5. The number of aliphatic imine (C=N–C) groups is 1. The van der Waals surface area contributed by atoms with Gasteiger partial charge in [-0.1, -0.05) is 98.8 Å². The summed E-state index contributed by atoms with van der Waals surface area (Å²) in [5, 5.41) is 13.2. The number of amides is 4. The van der Waals surface area contributed by atoms with Gasteiger partial charge in [0.25, 0.3) is 0 Å². The molecule has 4 aromatic rings. The molecule has 3 atom stereocenters. The predicted octanol–water partition coefficient (Wildman–Crippen LogP) is 7.04. The lowest BCUT2D eigenvalue weighted by Crippen LogP contribution is -2.55. The van der Waals surface area contributed by atoms with E-state index >= 15 is 0 Å². The molecule has 65 heavy (non-hydrogen) atoms. The Morgan fingerprint density at radius 3 is 1.69 bits per heavy atom. The largest absolute Gasteiger partial charge is 0.488 e. The first-order valence-electron chi connectivity index (χ1n) is 21.9. The number of rotatable bonds is 22. The molecule has 0 aliphatic rings. The number of nitrogens with zero attached hydrogens (tertiary/aromatic N) is 2. The van der Waals surface area contributed by atoms with Gasteiger partial charge in [0, 0.05) is 19.5 Å². The zero-order valence-corrected chi connectivity index (χ0v) is 39.6. The second-order valence-electron chi connectivity index (χ2n) is 18.4. The minimum Gasteiger partial charge on any atom is -0.488 e. The highest BCUT2D eigenvalue weighted by molar-refractivity contribution is 7.78. The van der Waals surface area contributed by atoms with E-state index in [-0.39, 0.29) is 23.8 Å². The number of ether oxygens (including phenoxy) is 2. The van der Waals surface area contributed by atoms with Gasteiger partial charge in [-0.2, -0.15) is 4.99 Å². The van der Waals surface area contributed by atoms with Crippen molar-refractivity contribution in [1.82, 2.24) is 26.2 Å². The lowest BCUT2D eigenvalue weighted by atomic mass is 10.0. The van der Waals surface area contributed by atoms with Crippen LogP contribution in [0.25, 0.3) is 0 Å². The maximum atomic E-state index is 14.3. The molecule has 4 N–H and O–H groups in total. The third kappa shape index (κ3) is 19.2. The monoisotopic (exact) mass is 904 g/mol. The average molecular weight is 905 g/mol. The molecule has 0 aliphatic carbocycles. The van der Waals surface area contributed by atoms with Crippen molar-refractivity contribution in [2.24, 2.45) is 10.9 Å². The van der Waals surface area contributed by atoms with Gasteiger partial charge in [-0.05, 0) is 119 Å². The Labute approximate surface area is 389 Å². The molecule has 0 unspecified atom stereocenters. The maximum absolute atomic E-state index is 14.3. The Morgan fingerprint density at radius 2 is 1.17 bits per heavy atom. The summed E-state index contributed by atoms with van der Waals surface area (Å²) in [5.41, 5.74) is 3.03. The molecule has 4 rings (SSSR count). The summed E-state index contributed by atoms with van der Waals surface area (Å²) in [5.74, 6) is -2.07. The normalized spacial score (nSPS) is 12.8. The molecule has 0 radical (unpaired) electrons. The molecule has 0 aliphatic heterocycles. The van der Waals surface area contributed by atoms with E-state index in [0.29, 0.717) is 42.9 Å². The van der Waals surface area contributed by atoms with Crippen molar-refractivity contribution in [3.05, 3.63) is 131 Å². The van der Waals surface area contributed by atoms with Crippen molar-refractivity contribution in [2.75, 3.05) is 13.1 Å². The molecule has 0 fully saturated rings. The SMILES string of the molecule is CC(C)C[C@H](NC(=O)[C@H](Cc1ccc(N=C=S)cc1)NC(=O)CNC(=O)CNC(=O)[C@H](Cc1ccc(OC(C)(C)C)cc1)N(Cc1ccccc1)Cc1ccccc1)C(=O)OC(C)(C)C. The van der Waals surface area contributed by atoms with E-state index in [9.17, 15) is 24.0 Å². The second-order valence-corrected chi connectivity index (χ2v) is 18.5. The third-order valence-electron chi connectivity index (χ3n) is 9.76. The van der Waals surface area contributed by atoms with Gasteiger partial charge in [0.1, 0.15) is 29.0 Å². The first kappa shape index (κ1) is 51.4. The van der Waals surface area contributed by atoms with Gasteiger partial charge in [-0.25, -0.2) is 4.79 Å². The molecule has 13 nitrogen and oxygen atoms in total. The number of isothiocyanates is 1. The first-order valence-corrected chi connectivity index (χ1v) is 22.3. The second kappa shape index (κ2) is 24.7. The minimum atomic E-state index is -1.13. The number of carbonyl (C=O) groups is 5. The topological polar surface area (TPSA) is 168 Å². The van der Waals surface area contributed by atoms with E-state index in [1.165, 1.54) is 0 Å². The van der Waals surface area contributed by atoms with E-state index in [2.05, 4.69) is 36.3 Å². The Bertz CT molecular complexity index is 2180. The molecule has 4 amide bonds. The number of benzene rings is 4. The molecule has 0 bridgehead atoms. The molecular weight excluding hydrogens is 841 g/mol. The molecule has 0 saturated carbocycles. The van der Waals surface area contributed by atoms with Gasteiger partial charge in [0.05, 0.1) is 30.0 Å². The predicted molar refractivity (Wildman–Crippen MR) is 256 cm³/mol. The van der Waals surface area contributed by atoms with Crippen molar-refractivity contribution in [3.8, 4) is 5.75 Å². The van der Waals surface area contributed by atoms with Crippen LogP contribution in [-0.2, 0) is 54.6 Å². The lowest BCUT2D eigenvalue weighted by molar-refractivity contribution is -0.159. The third-order valence-corrected chi connectivity index (χ3v) is 9.85. The van der Waals surface area contributed by atoms with Crippen molar-refractivity contribution >= 4 is 52.7 Å². The average Bonchev–Trinajstić information content (AvgIpc) is 3.24. The zero-order valence-electron chi connectivity index (χ0n) is 38.8. The number of hydrogen-bond donors (Lipinski definition) is 4. The van der Waals surface area contributed by atoms with Crippen molar-refractivity contribution in [3.63, 3.8) is 0 Å².